The minimum Gasteiger partial charge on any atom is -0.432 e. The summed E-state index contributed by atoms with van der Waals surface area (Å²) < 4.78 is 11.8. The van der Waals surface area contributed by atoms with E-state index in [1.165, 1.54) is 36.8 Å². The van der Waals surface area contributed by atoms with Gasteiger partial charge in [-0.3, -0.25) is 4.90 Å². The van der Waals surface area contributed by atoms with Crippen molar-refractivity contribution in [3.63, 3.8) is 0 Å². The van der Waals surface area contributed by atoms with Crippen LogP contribution < -0.4 is 10.6 Å². The lowest BCUT2D eigenvalue weighted by atomic mass is 9.73. The van der Waals surface area contributed by atoms with Gasteiger partial charge in [0, 0.05) is 32.2 Å². The molecule has 2 N–H and O–H groups in total. The molecule has 0 radical (unpaired) electrons. The average molecular weight is 451 g/mol. The lowest BCUT2D eigenvalue weighted by molar-refractivity contribution is 0.0398. The highest BCUT2D eigenvalue weighted by Crippen LogP contribution is 2.44. The molecule has 0 atom stereocenters. The van der Waals surface area contributed by atoms with Crippen LogP contribution in [0.25, 0.3) is 22.2 Å². The van der Waals surface area contributed by atoms with Gasteiger partial charge in [0.05, 0.1) is 18.6 Å². The van der Waals surface area contributed by atoms with Gasteiger partial charge in [-0.15, -0.1) is 0 Å². The van der Waals surface area contributed by atoms with Gasteiger partial charge in [0.1, 0.15) is 17.7 Å². The van der Waals surface area contributed by atoms with Crippen LogP contribution in [0.5, 0.6) is 0 Å². The van der Waals surface area contributed by atoms with Gasteiger partial charge >= 0.3 is 0 Å². The molecular weight excluding hydrogens is 416 g/mol. The molecule has 6 rings (SSSR count). The Bertz CT molecular complexity index is 1160. The van der Waals surface area contributed by atoms with Gasteiger partial charge in [0.25, 0.3) is 0 Å². The van der Waals surface area contributed by atoms with Crippen LogP contribution in [-0.4, -0.2) is 65.3 Å². The lowest BCUT2D eigenvalue weighted by Crippen LogP contribution is -2.39. The number of fused-ring (bicyclic) bond motifs is 5. The predicted octanol–water partition coefficient (Wildman–Crippen LogP) is 3.99. The van der Waals surface area contributed by atoms with E-state index < -0.39 is 0 Å². The zero-order chi connectivity index (χ0) is 22.4. The van der Waals surface area contributed by atoms with Gasteiger partial charge < -0.3 is 19.8 Å². The van der Waals surface area contributed by atoms with E-state index in [0.717, 1.165) is 74.8 Å². The third-order valence-electron chi connectivity index (χ3n) is 7.60. The molecule has 0 spiro atoms. The van der Waals surface area contributed by atoms with E-state index in [1.807, 2.05) is 0 Å². The first-order chi connectivity index (χ1) is 16.1. The number of hydrogen-bond donors (Lipinski definition) is 2. The first kappa shape index (κ1) is 21.1. The molecule has 3 aromatic rings. The second kappa shape index (κ2) is 8.40. The van der Waals surface area contributed by atoms with Crippen LogP contribution in [0.1, 0.15) is 50.7 Å². The Balaban J connectivity index is 1.37. The highest BCUT2D eigenvalue weighted by atomic mass is 16.5. The summed E-state index contributed by atoms with van der Waals surface area (Å²) in [5, 5.41) is 8.28. The van der Waals surface area contributed by atoms with Crippen molar-refractivity contribution in [1.82, 2.24) is 19.9 Å². The van der Waals surface area contributed by atoms with E-state index in [9.17, 15) is 0 Å². The number of nitrogens with zero attached hydrogens (tertiary/aromatic N) is 4. The molecule has 176 valence electrons. The van der Waals surface area contributed by atoms with Crippen molar-refractivity contribution in [1.29, 1.82) is 0 Å². The van der Waals surface area contributed by atoms with Crippen LogP contribution in [-0.2, 0) is 17.6 Å². The zero-order valence-corrected chi connectivity index (χ0v) is 19.7. The standard InChI is InChI=1S/C25H34N6O2/c1-25(2)7-6-17-18(14-25)19-20-21(33-24(19)30-22(17)29-16-4-3-5-16)23(28-15-27-20)26-8-9-31-10-12-32-13-11-31/h15-16H,3-14H2,1-2H3,(H,29,30)(H,26,27,28). The normalized spacial score (nSPS) is 21.2. The second-order valence-electron chi connectivity index (χ2n) is 10.6. The highest BCUT2D eigenvalue weighted by molar-refractivity contribution is 6.07. The molecule has 2 aliphatic carbocycles. The zero-order valence-electron chi connectivity index (χ0n) is 19.7. The predicted molar refractivity (Wildman–Crippen MR) is 130 cm³/mol. The number of furan rings is 1. The van der Waals surface area contributed by atoms with Crippen LogP contribution in [0.2, 0.25) is 0 Å². The molecule has 3 aromatic heterocycles. The molecule has 33 heavy (non-hydrogen) atoms. The van der Waals surface area contributed by atoms with Crippen molar-refractivity contribution in [3.8, 4) is 0 Å². The number of ether oxygens (including phenoxy) is 1. The van der Waals surface area contributed by atoms with E-state index in [0.29, 0.717) is 17.3 Å². The Morgan fingerprint density at radius 1 is 1.12 bits per heavy atom. The maximum atomic E-state index is 6.36. The molecule has 0 aromatic carbocycles. The van der Waals surface area contributed by atoms with Crippen molar-refractivity contribution in [2.45, 2.75) is 58.4 Å². The summed E-state index contributed by atoms with van der Waals surface area (Å²) >= 11 is 0. The number of anilines is 2. The van der Waals surface area contributed by atoms with Crippen molar-refractivity contribution < 1.29 is 9.15 Å². The van der Waals surface area contributed by atoms with E-state index in [2.05, 4.69) is 39.3 Å². The fourth-order valence-electron chi connectivity index (χ4n) is 5.35. The Kier molecular flexibility index (Phi) is 5.37. The second-order valence-corrected chi connectivity index (χ2v) is 10.6. The number of morpholine rings is 1. The largest absolute Gasteiger partial charge is 0.432 e. The summed E-state index contributed by atoms with van der Waals surface area (Å²) in [5.41, 5.74) is 5.25. The topological polar surface area (TPSA) is 88.3 Å². The first-order valence-electron chi connectivity index (χ1n) is 12.5. The lowest BCUT2D eigenvalue weighted by Gasteiger charge is -2.34. The van der Waals surface area contributed by atoms with Crippen molar-refractivity contribution in [2.24, 2.45) is 5.41 Å². The molecule has 1 aliphatic heterocycles. The van der Waals surface area contributed by atoms with Crippen LogP contribution in [0.15, 0.2) is 10.7 Å². The number of nitrogens with one attached hydrogen (secondary N) is 2. The molecule has 4 heterocycles. The average Bonchev–Trinajstić information content (AvgIpc) is 3.15. The smallest absolute Gasteiger partial charge is 0.231 e. The molecular formula is C25H34N6O2. The molecule has 0 unspecified atom stereocenters. The van der Waals surface area contributed by atoms with Crippen LogP contribution in [0.4, 0.5) is 11.6 Å². The summed E-state index contributed by atoms with van der Waals surface area (Å²) in [6.07, 6.45) is 8.63. The van der Waals surface area contributed by atoms with E-state index in [4.69, 9.17) is 14.1 Å². The molecule has 1 saturated carbocycles. The fraction of sp³-hybridized carbons (Fsp3) is 0.640. The Labute approximate surface area is 194 Å². The van der Waals surface area contributed by atoms with Gasteiger partial charge in [-0.25, -0.2) is 9.97 Å². The summed E-state index contributed by atoms with van der Waals surface area (Å²) in [6, 6.07) is 0.538. The summed E-state index contributed by atoms with van der Waals surface area (Å²) in [4.78, 5) is 16.6. The highest BCUT2D eigenvalue weighted by Gasteiger charge is 2.32. The first-order valence-corrected chi connectivity index (χ1v) is 12.5. The van der Waals surface area contributed by atoms with Gasteiger partial charge in [-0.1, -0.05) is 13.8 Å². The van der Waals surface area contributed by atoms with Crippen molar-refractivity contribution in [2.75, 3.05) is 50.0 Å². The molecule has 2 fully saturated rings. The summed E-state index contributed by atoms with van der Waals surface area (Å²) in [7, 11) is 0. The minimum absolute atomic E-state index is 0.255. The van der Waals surface area contributed by atoms with E-state index in [-0.39, 0.29) is 5.41 Å². The quantitative estimate of drug-likeness (QED) is 0.583. The maximum Gasteiger partial charge on any atom is 0.231 e. The molecule has 0 amide bonds. The maximum absolute atomic E-state index is 6.36. The molecule has 0 bridgehead atoms. The Morgan fingerprint density at radius 3 is 2.76 bits per heavy atom. The molecule has 1 saturated heterocycles. The van der Waals surface area contributed by atoms with E-state index >= 15 is 0 Å². The molecule has 8 heteroatoms. The molecule has 8 nitrogen and oxygen atoms in total. The number of rotatable bonds is 6. The number of aromatic nitrogens is 3. The Hall–Kier alpha value is -2.45. The van der Waals surface area contributed by atoms with Crippen LogP contribution >= 0.6 is 0 Å². The SMILES string of the molecule is CC1(C)CCc2c(NC3CCC3)nc3oc4c(NCCN5CCOCC5)ncnc4c3c2C1. The number of pyridine rings is 1. The monoisotopic (exact) mass is 450 g/mol. The van der Waals surface area contributed by atoms with Crippen molar-refractivity contribution in [3.05, 3.63) is 17.5 Å². The third kappa shape index (κ3) is 4.04. The van der Waals surface area contributed by atoms with Crippen LogP contribution in [0, 0.1) is 5.41 Å². The summed E-state index contributed by atoms with van der Waals surface area (Å²) in [6.45, 7) is 10.1. The van der Waals surface area contributed by atoms with Gasteiger partial charge in [0.2, 0.25) is 5.71 Å². The van der Waals surface area contributed by atoms with Gasteiger partial charge in [-0.2, -0.15) is 4.98 Å². The van der Waals surface area contributed by atoms with Crippen LogP contribution in [0.3, 0.4) is 0 Å². The minimum atomic E-state index is 0.255. The number of hydrogen-bond acceptors (Lipinski definition) is 8. The van der Waals surface area contributed by atoms with Gasteiger partial charge in [-0.05, 0) is 55.1 Å². The third-order valence-corrected chi connectivity index (χ3v) is 7.60. The molecule has 3 aliphatic rings. The van der Waals surface area contributed by atoms with Crippen molar-refractivity contribution >= 4 is 33.8 Å². The Morgan fingerprint density at radius 2 is 1.97 bits per heavy atom. The fourth-order valence-corrected chi connectivity index (χ4v) is 5.35. The summed E-state index contributed by atoms with van der Waals surface area (Å²) in [5.74, 6) is 1.77. The van der Waals surface area contributed by atoms with E-state index in [1.54, 1.807) is 6.33 Å². The van der Waals surface area contributed by atoms with Gasteiger partial charge in [0.15, 0.2) is 11.4 Å².